The first kappa shape index (κ1) is 16.6. The Kier molecular flexibility index (Phi) is 4.12. The number of hydrogen-bond donors (Lipinski definition) is 1. The molecule has 0 amide bonds. The van der Waals surface area contributed by atoms with Crippen molar-refractivity contribution in [2.24, 2.45) is 0 Å². The van der Waals surface area contributed by atoms with E-state index in [0.717, 1.165) is 17.8 Å². The molecule has 0 fully saturated rings. The minimum atomic E-state index is -4.60. The molecule has 2 aromatic heterocycles. The molecular formula is C13H14F3N3O2S. The summed E-state index contributed by atoms with van der Waals surface area (Å²) in [5, 5.41) is 13.1. The summed E-state index contributed by atoms with van der Waals surface area (Å²) in [5.41, 5.74) is -0.793. The summed E-state index contributed by atoms with van der Waals surface area (Å²) in [5.74, 6) is -1.48. The van der Waals surface area contributed by atoms with E-state index in [-0.39, 0.29) is 21.8 Å². The SMILES string of the molecule is CC(C)(C)c1cc2nc(C(F)(F)F)cc(SCC(=O)O)n2n1. The van der Waals surface area contributed by atoms with Crippen molar-refractivity contribution in [3.05, 3.63) is 23.5 Å². The Morgan fingerprint density at radius 2 is 1.91 bits per heavy atom. The molecule has 5 nitrogen and oxygen atoms in total. The van der Waals surface area contributed by atoms with Gasteiger partial charge in [-0.2, -0.15) is 18.3 Å². The van der Waals surface area contributed by atoms with Crippen LogP contribution < -0.4 is 0 Å². The molecule has 9 heteroatoms. The zero-order chi connectivity index (χ0) is 16.7. The number of rotatable bonds is 3. The van der Waals surface area contributed by atoms with Crippen molar-refractivity contribution in [2.75, 3.05) is 5.75 Å². The Morgan fingerprint density at radius 1 is 1.27 bits per heavy atom. The average molecular weight is 333 g/mol. The van der Waals surface area contributed by atoms with Gasteiger partial charge < -0.3 is 5.11 Å². The van der Waals surface area contributed by atoms with Crippen molar-refractivity contribution in [3.63, 3.8) is 0 Å². The van der Waals surface area contributed by atoms with E-state index in [0.29, 0.717) is 5.69 Å². The molecule has 22 heavy (non-hydrogen) atoms. The number of alkyl halides is 3. The fraction of sp³-hybridized carbons (Fsp3) is 0.462. The minimum Gasteiger partial charge on any atom is -0.481 e. The fourth-order valence-corrected chi connectivity index (χ4v) is 2.42. The van der Waals surface area contributed by atoms with Crippen molar-refractivity contribution < 1.29 is 23.1 Å². The predicted octanol–water partition coefficient (Wildman–Crippen LogP) is 3.22. The number of halogens is 3. The molecule has 1 N–H and O–H groups in total. The molecule has 0 aliphatic carbocycles. The van der Waals surface area contributed by atoms with Crippen LogP contribution in [-0.2, 0) is 16.4 Å². The number of carbonyl (C=O) groups is 1. The Morgan fingerprint density at radius 3 is 2.41 bits per heavy atom. The van der Waals surface area contributed by atoms with Crippen LogP contribution in [0.4, 0.5) is 13.2 Å². The highest BCUT2D eigenvalue weighted by molar-refractivity contribution is 7.99. The highest BCUT2D eigenvalue weighted by Crippen LogP contribution is 2.32. The Hall–Kier alpha value is -1.77. The third-order valence-electron chi connectivity index (χ3n) is 2.80. The predicted molar refractivity (Wildman–Crippen MR) is 75.0 cm³/mol. The van der Waals surface area contributed by atoms with E-state index in [4.69, 9.17) is 5.11 Å². The van der Waals surface area contributed by atoms with Crippen LogP contribution in [0.5, 0.6) is 0 Å². The molecule has 2 rings (SSSR count). The fourth-order valence-electron chi connectivity index (χ4n) is 1.70. The van der Waals surface area contributed by atoms with Crippen LogP contribution in [0.1, 0.15) is 32.2 Å². The summed E-state index contributed by atoms with van der Waals surface area (Å²) in [6, 6.07) is 2.31. The topological polar surface area (TPSA) is 67.5 Å². The number of hydrogen-bond acceptors (Lipinski definition) is 4. The van der Waals surface area contributed by atoms with Gasteiger partial charge in [0.05, 0.1) is 11.4 Å². The molecule has 120 valence electrons. The Labute approximate surface area is 128 Å². The molecule has 0 saturated heterocycles. The molecule has 0 aliphatic rings. The minimum absolute atomic E-state index is 0.0487. The highest BCUT2D eigenvalue weighted by Gasteiger charge is 2.34. The molecule has 0 aromatic carbocycles. The van der Waals surface area contributed by atoms with Gasteiger partial charge in [-0.05, 0) is 0 Å². The smallest absolute Gasteiger partial charge is 0.433 e. The van der Waals surface area contributed by atoms with Gasteiger partial charge in [0.2, 0.25) is 0 Å². The largest absolute Gasteiger partial charge is 0.481 e. The van der Waals surface area contributed by atoms with Gasteiger partial charge in [0.25, 0.3) is 0 Å². The van der Waals surface area contributed by atoms with Gasteiger partial charge in [0.15, 0.2) is 5.65 Å². The molecule has 0 saturated carbocycles. The van der Waals surface area contributed by atoms with Crippen LogP contribution in [0.3, 0.4) is 0 Å². The number of carboxylic acid groups (broad SMARTS) is 1. The second kappa shape index (κ2) is 5.45. The maximum absolute atomic E-state index is 12.9. The van der Waals surface area contributed by atoms with Crippen LogP contribution in [-0.4, -0.2) is 31.4 Å². The third-order valence-corrected chi connectivity index (χ3v) is 3.77. The first-order valence-electron chi connectivity index (χ1n) is 6.31. The zero-order valence-corrected chi connectivity index (χ0v) is 12.9. The maximum Gasteiger partial charge on any atom is 0.433 e. The van der Waals surface area contributed by atoms with E-state index < -0.39 is 17.8 Å². The first-order chi connectivity index (χ1) is 9.98. The second-order valence-electron chi connectivity index (χ2n) is 5.71. The van der Waals surface area contributed by atoms with Gasteiger partial charge in [-0.25, -0.2) is 9.50 Å². The average Bonchev–Trinajstić information content (AvgIpc) is 2.78. The summed E-state index contributed by atoms with van der Waals surface area (Å²) in [6.45, 7) is 5.64. The van der Waals surface area contributed by atoms with Crippen molar-refractivity contribution in [1.82, 2.24) is 14.6 Å². The van der Waals surface area contributed by atoms with Gasteiger partial charge in [0.1, 0.15) is 10.7 Å². The molecule has 2 aromatic rings. The van der Waals surface area contributed by atoms with Crippen LogP contribution >= 0.6 is 11.8 Å². The monoisotopic (exact) mass is 333 g/mol. The Bertz CT molecular complexity index is 720. The molecule has 0 bridgehead atoms. The molecule has 0 unspecified atom stereocenters. The number of carboxylic acids is 1. The van der Waals surface area contributed by atoms with Crippen LogP contribution in [0.25, 0.3) is 5.65 Å². The third kappa shape index (κ3) is 3.52. The molecular weight excluding hydrogens is 319 g/mol. The van der Waals surface area contributed by atoms with Gasteiger partial charge in [-0.3, -0.25) is 4.79 Å². The van der Waals surface area contributed by atoms with Crippen LogP contribution in [0.15, 0.2) is 17.2 Å². The van der Waals surface area contributed by atoms with E-state index in [9.17, 15) is 18.0 Å². The number of nitrogens with zero attached hydrogens (tertiary/aromatic N) is 3. The lowest BCUT2D eigenvalue weighted by Crippen LogP contribution is -2.13. The van der Waals surface area contributed by atoms with Crippen molar-refractivity contribution in [1.29, 1.82) is 0 Å². The molecule has 0 aliphatic heterocycles. The highest BCUT2D eigenvalue weighted by atomic mass is 32.2. The normalized spacial score (nSPS) is 12.8. The summed E-state index contributed by atoms with van der Waals surface area (Å²) in [6.07, 6.45) is -4.60. The molecule has 0 atom stereocenters. The lowest BCUT2D eigenvalue weighted by atomic mass is 9.93. The van der Waals surface area contributed by atoms with Crippen molar-refractivity contribution in [2.45, 2.75) is 37.4 Å². The van der Waals surface area contributed by atoms with E-state index in [1.54, 1.807) is 0 Å². The lowest BCUT2D eigenvalue weighted by molar-refractivity contribution is -0.141. The molecule has 0 radical (unpaired) electrons. The second-order valence-corrected chi connectivity index (χ2v) is 6.70. The van der Waals surface area contributed by atoms with Gasteiger partial charge in [-0.1, -0.05) is 32.5 Å². The summed E-state index contributed by atoms with van der Waals surface area (Å²) in [7, 11) is 0. The van der Waals surface area contributed by atoms with E-state index in [1.807, 2.05) is 20.8 Å². The van der Waals surface area contributed by atoms with Crippen LogP contribution in [0, 0.1) is 0 Å². The van der Waals surface area contributed by atoms with Crippen LogP contribution in [0.2, 0.25) is 0 Å². The van der Waals surface area contributed by atoms with Crippen molar-refractivity contribution in [3.8, 4) is 0 Å². The van der Waals surface area contributed by atoms with E-state index >= 15 is 0 Å². The number of aromatic nitrogens is 3. The van der Waals surface area contributed by atoms with Gasteiger partial charge >= 0.3 is 12.1 Å². The zero-order valence-electron chi connectivity index (χ0n) is 12.1. The number of fused-ring (bicyclic) bond motifs is 1. The summed E-state index contributed by atoms with van der Waals surface area (Å²) in [4.78, 5) is 14.2. The lowest BCUT2D eigenvalue weighted by Gasteiger charge is -2.13. The number of thioether (sulfide) groups is 1. The maximum atomic E-state index is 12.9. The first-order valence-corrected chi connectivity index (χ1v) is 7.30. The quantitative estimate of drug-likeness (QED) is 0.690. The number of aliphatic carboxylic acids is 1. The standard InChI is InChI=1S/C13H14F3N3O2S/c1-12(2,3)7-4-9-17-8(13(14,15)16)5-10(19(9)18-7)22-6-11(20)21/h4-5H,6H2,1-3H3,(H,20,21). The summed E-state index contributed by atoms with van der Waals surface area (Å²) < 4.78 is 40.0. The Balaban J connectivity index is 2.61. The molecule has 0 spiro atoms. The van der Waals surface area contributed by atoms with Gasteiger partial charge in [-0.15, -0.1) is 0 Å². The van der Waals surface area contributed by atoms with Gasteiger partial charge in [0, 0.05) is 17.5 Å². The summed E-state index contributed by atoms with van der Waals surface area (Å²) >= 11 is 0.773. The molecule has 2 heterocycles. The van der Waals surface area contributed by atoms with E-state index in [2.05, 4.69) is 10.1 Å². The van der Waals surface area contributed by atoms with E-state index in [1.165, 1.54) is 10.6 Å². The van der Waals surface area contributed by atoms with Crippen molar-refractivity contribution >= 4 is 23.4 Å².